The first-order chi connectivity index (χ1) is 9.36. The number of hydrogen-bond acceptors (Lipinski definition) is 5. The Balaban J connectivity index is 2.17. The topological polar surface area (TPSA) is 70.1 Å². The number of anilines is 2. The standard InChI is InChI=1S/C15H26N4O/c1-6-7-16-13-9(2)14(18-10(3)17-13)19-11-8-12(20)15(11,4)5/h11-12,20H,6-8H2,1-5H3,(H2,16,17,18,19). The van der Waals surface area contributed by atoms with Crippen LogP contribution in [-0.4, -0.2) is 33.8 Å². The number of hydrogen-bond donors (Lipinski definition) is 3. The van der Waals surface area contributed by atoms with E-state index in [0.717, 1.165) is 42.4 Å². The lowest BCUT2D eigenvalue weighted by molar-refractivity contribution is -0.0511. The average molecular weight is 278 g/mol. The largest absolute Gasteiger partial charge is 0.392 e. The molecular weight excluding hydrogens is 252 g/mol. The minimum Gasteiger partial charge on any atom is -0.392 e. The fourth-order valence-corrected chi connectivity index (χ4v) is 2.50. The predicted molar refractivity (Wildman–Crippen MR) is 82.1 cm³/mol. The second-order valence-corrected chi connectivity index (χ2v) is 6.29. The Morgan fingerprint density at radius 3 is 2.45 bits per heavy atom. The molecular formula is C15H26N4O. The van der Waals surface area contributed by atoms with Crippen molar-refractivity contribution < 1.29 is 5.11 Å². The van der Waals surface area contributed by atoms with Crippen LogP contribution >= 0.6 is 0 Å². The summed E-state index contributed by atoms with van der Waals surface area (Å²) in [5.74, 6) is 2.54. The Morgan fingerprint density at radius 1 is 1.25 bits per heavy atom. The normalized spacial score (nSPS) is 24.1. The van der Waals surface area contributed by atoms with Crippen LogP contribution in [0.15, 0.2) is 0 Å². The molecule has 3 N–H and O–H groups in total. The molecule has 1 fully saturated rings. The quantitative estimate of drug-likeness (QED) is 0.772. The van der Waals surface area contributed by atoms with Gasteiger partial charge in [-0.2, -0.15) is 0 Å². The zero-order valence-electron chi connectivity index (χ0n) is 13.1. The fraction of sp³-hybridized carbons (Fsp3) is 0.733. The number of nitrogens with zero attached hydrogens (tertiary/aromatic N) is 2. The fourth-order valence-electron chi connectivity index (χ4n) is 2.50. The summed E-state index contributed by atoms with van der Waals surface area (Å²) in [6.45, 7) is 11.1. The molecule has 1 aromatic heterocycles. The summed E-state index contributed by atoms with van der Waals surface area (Å²) < 4.78 is 0. The smallest absolute Gasteiger partial charge is 0.135 e. The van der Waals surface area contributed by atoms with Crippen molar-refractivity contribution in [2.24, 2.45) is 5.41 Å². The highest BCUT2D eigenvalue weighted by Crippen LogP contribution is 2.42. The summed E-state index contributed by atoms with van der Waals surface area (Å²) in [5, 5.41) is 16.6. The van der Waals surface area contributed by atoms with Crippen LogP contribution in [0.4, 0.5) is 11.6 Å². The first kappa shape index (κ1) is 15.0. The van der Waals surface area contributed by atoms with Gasteiger partial charge in [-0.3, -0.25) is 0 Å². The molecule has 5 heteroatoms. The molecule has 2 atom stereocenters. The molecule has 5 nitrogen and oxygen atoms in total. The van der Waals surface area contributed by atoms with Crippen LogP contribution in [0.25, 0.3) is 0 Å². The molecule has 1 saturated carbocycles. The summed E-state index contributed by atoms with van der Waals surface area (Å²) in [4.78, 5) is 8.97. The summed E-state index contributed by atoms with van der Waals surface area (Å²) in [6, 6.07) is 0.254. The van der Waals surface area contributed by atoms with Crippen LogP contribution in [0, 0.1) is 19.3 Å². The molecule has 2 rings (SSSR count). The van der Waals surface area contributed by atoms with E-state index in [0.29, 0.717) is 0 Å². The second-order valence-electron chi connectivity index (χ2n) is 6.29. The van der Waals surface area contributed by atoms with Crippen molar-refractivity contribution in [3.63, 3.8) is 0 Å². The van der Waals surface area contributed by atoms with Crippen molar-refractivity contribution in [2.45, 2.75) is 59.6 Å². The van der Waals surface area contributed by atoms with Gasteiger partial charge in [-0.05, 0) is 26.7 Å². The molecule has 0 radical (unpaired) electrons. The molecule has 0 spiro atoms. The molecule has 1 heterocycles. The third kappa shape index (κ3) is 2.73. The van der Waals surface area contributed by atoms with Crippen molar-refractivity contribution in [3.05, 3.63) is 11.4 Å². The first-order valence-corrected chi connectivity index (χ1v) is 7.40. The van der Waals surface area contributed by atoms with Gasteiger partial charge in [0.1, 0.15) is 17.5 Å². The van der Waals surface area contributed by atoms with Gasteiger partial charge in [0.15, 0.2) is 0 Å². The number of nitrogens with one attached hydrogen (secondary N) is 2. The highest BCUT2D eigenvalue weighted by atomic mass is 16.3. The van der Waals surface area contributed by atoms with E-state index in [2.05, 4.69) is 41.4 Å². The van der Waals surface area contributed by atoms with Gasteiger partial charge in [0, 0.05) is 23.6 Å². The van der Waals surface area contributed by atoms with E-state index in [1.165, 1.54) is 0 Å². The lowest BCUT2D eigenvalue weighted by atomic mass is 9.64. The Kier molecular flexibility index (Phi) is 4.18. The number of aryl methyl sites for hydroxylation is 1. The molecule has 0 aromatic carbocycles. The first-order valence-electron chi connectivity index (χ1n) is 7.40. The Bertz CT molecular complexity index is 487. The van der Waals surface area contributed by atoms with Crippen molar-refractivity contribution in [1.82, 2.24) is 9.97 Å². The number of aliphatic hydroxyl groups is 1. The molecule has 0 amide bonds. The number of rotatable bonds is 5. The van der Waals surface area contributed by atoms with Gasteiger partial charge in [0.2, 0.25) is 0 Å². The van der Waals surface area contributed by atoms with Crippen LogP contribution in [0.5, 0.6) is 0 Å². The number of aromatic nitrogens is 2. The monoisotopic (exact) mass is 278 g/mol. The summed E-state index contributed by atoms with van der Waals surface area (Å²) >= 11 is 0. The van der Waals surface area contributed by atoms with Crippen LogP contribution in [0.1, 0.15) is 45.0 Å². The van der Waals surface area contributed by atoms with Crippen molar-refractivity contribution in [1.29, 1.82) is 0 Å². The third-order valence-corrected chi connectivity index (χ3v) is 4.33. The molecule has 1 aliphatic carbocycles. The van der Waals surface area contributed by atoms with E-state index in [1.807, 2.05) is 13.8 Å². The second kappa shape index (κ2) is 5.56. The van der Waals surface area contributed by atoms with E-state index in [4.69, 9.17) is 0 Å². The maximum Gasteiger partial charge on any atom is 0.135 e. The minimum atomic E-state index is -0.235. The molecule has 0 saturated heterocycles. The van der Waals surface area contributed by atoms with Gasteiger partial charge in [-0.15, -0.1) is 0 Å². The van der Waals surface area contributed by atoms with Gasteiger partial charge in [-0.25, -0.2) is 9.97 Å². The van der Waals surface area contributed by atoms with Gasteiger partial charge in [0.25, 0.3) is 0 Å². The van der Waals surface area contributed by atoms with Gasteiger partial charge in [-0.1, -0.05) is 20.8 Å². The summed E-state index contributed by atoms with van der Waals surface area (Å²) in [5.41, 5.74) is 0.934. The van der Waals surface area contributed by atoms with E-state index >= 15 is 0 Å². The molecule has 0 aliphatic heterocycles. The van der Waals surface area contributed by atoms with Gasteiger partial charge < -0.3 is 15.7 Å². The SMILES string of the molecule is CCCNc1nc(C)nc(NC2CC(O)C2(C)C)c1C. The highest BCUT2D eigenvalue weighted by molar-refractivity contribution is 5.58. The Labute approximate surface area is 121 Å². The van der Waals surface area contributed by atoms with Crippen molar-refractivity contribution in [3.8, 4) is 0 Å². The summed E-state index contributed by atoms with van der Waals surface area (Å²) in [6.07, 6.45) is 1.60. The molecule has 2 unspecified atom stereocenters. The zero-order valence-corrected chi connectivity index (χ0v) is 13.1. The Hall–Kier alpha value is -1.36. The third-order valence-electron chi connectivity index (χ3n) is 4.33. The van der Waals surface area contributed by atoms with Crippen LogP contribution < -0.4 is 10.6 Å². The maximum atomic E-state index is 9.83. The van der Waals surface area contributed by atoms with E-state index in [9.17, 15) is 5.11 Å². The average Bonchev–Trinajstić information content (AvgIpc) is 2.40. The molecule has 20 heavy (non-hydrogen) atoms. The summed E-state index contributed by atoms with van der Waals surface area (Å²) in [7, 11) is 0. The van der Waals surface area contributed by atoms with Crippen LogP contribution in [0.2, 0.25) is 0 Å². The number of aliphatic hydroxyl groups excluding tert-OH is 1. The predicted octanol–water partition coefficient (Wildman–Crippen LogP) is 2.49. The Morgan fingerprint density at radius 2 is 1.90 bits per heavy atom. The van der Waals surface area contributed by atoms with E-state index in [1.54, 1.807) is 0 Å². The molecule has 1 aromatic rings. The maximum absolute atomic E-state index is 9.83. The van der Waals surface area contributed by atoms with E-state index < -0.39 is 0 Å². The molecule has 112 valence electrons. The van der Waals surface area contributed by atoms with Crippen LogP contribution in [0.3, 0.4) is 0 Å². The minimum absolute atomic E-state index is 0.109. The molecule has 1 aliphatic rings. The van der Waals surface area contributed by atoms with E-state index in [-0.39, 0.29) is 17.6 Å². The van der Waals surface area contributed by atoms with Gasteiger partial charge in [0.05, 0.1) is 6.10 Å². The lowest BCUT2D eigenvalue weighted by Gasteiger charge is -2.49. The van der Waals surface area contributed by atoms with Gasteiger partial charge >= 0.3 is 0 Å². The van der Waals surface area contributed by atoms with Crippen molar-refractivity contribution >= 4 is 11.6 Å². The molecule has 0 bridgehead atoms. The zero-order chi connectivity index (χ0) is 14.9. The highest BCUT2D eigenvalue weighted by Gasteiger charge is 2.47. The van der Waals surface area contributed by atoms with Crippen LogP contribution in [-0.2, 0) is 0 Å². The van der Waals surface area contributed by atoms with Crippen molar-refractivity contribution in [2.75, 3.05) is 17.2 Å². The lowest BCUT2D eigenvalue weighted by Crippen LogP contribution is -2.57.